The number of aromatic nitrogens is 1. The number of aryl methyl sites for hydroxylation is 4. The van der Waals surface area contributed by atoms with Gasteiger partial charge in [-0.05, 0) is 59.0 Å². The highest BCUT2D eigenvalue weighted by molar-refractivity contribution is 7.16. The molecule has 158 valence electrons. The van der Waals surface area contributed by atoms with Gasteiger partial charge in [-0.1, -0.05) is 80.1 Å². The van der Waals surface area contributed by atoms with E-state index in [1.54, 1.807) is 0 Å². The molecule has 2 heteroatoms. The molecule has 0 saturated carbocycles. The average molecular weight is 436 g/mol. The highest BCUT2D eigenvalue weighted by Crippen LogP contribution is 2.49. The zero-order valence-corrected chi connectivity index (χ0v) is 20.4. The molecule has 32 heavy (non-hydrogen) atoms. The lowest BCUT2D eigenvalue weighted by Crippen LogP contribution is -2.77. The molecule has 0 bridgehead atoms. The van der Waals surface area contributed by atoms with Crippen molar-refractivity contribution in [3.63, 3.8) is 0 Å². The molecule has 1 aromatic heterocycles. The third-order valence-corrected chi connectivity index (χ3v) is 13.8. The van der Waals surface area contributed by atoms with Crippen LogP contribution in [-0.4, -0.2) is 8.07 Å². The lowest BCUT2D eigenvalue weighted by Gasteiger charge is -2.48. The fourth-order valence-corrected chi connectivity index (χ4v) is 13.2. The summed E-state index contributed by atoms with van der Waals surface area (Å²) in [6.45, 7) is 6.94. The Morgan fingerprint density at radius 1 is 0.875 bits per heavy atom. The number of benzene rings is 3. The topological polar surface area (TPSA) is 3.88 Å². The molecule has 6 rings (SSSR count). The van der Waals surface area contributed by atoms with Gasteiger partial charge in [-0.2, -0.15) is 0 Å². The third-order valence-electron chi connectivity index (χ3n) is 7.95. The summed E-state index contributed by atoms with van der Waals surface area (Å²) in [4.78, 5) is 0. The quantitative estimate of drug-likeness (QED) is 0.308. The predicted molar refractivity (Wildman–Crippen MR) is 137 cm³/mol. The minimum Gasteiger partial charge on any atom is -0.201 e. The largest absolute Gasteiger partial charge is 0.215 e. The van der Waals surface area contributed by atoms with Gasteiger partial charge in [0.25, 0.3) is 0 Å². The van der Waals surface area contributed by atoms with Gasteiger partial charge in [-0.3, -0.25) is 0 Å². The van der Waals surface area contributed by atoms with Crippen LogP contribution in [0.3, 0.4) is 0 Å². The van der Waals surface area contributed by atoms with Gasteiger partial charge in [-0.25, -0.2) is 4.57 Å². The first kappa shape index (κ1) is 16.6. The minimum atomic E-state index is -2.63. The zero-order chi connectivity index (χ0) is 24.9. The molecule has 0 N–H and O–H groups in total. The Kier molecular flexibility index (Phi) is 3.27. The Balaban J connectivity index is 1.88. The first-order valence-electron chi connectivity index (χ1n) is 12.9. The van der Waals surface area contributed by atoms with E-state index >= 15 is 0 Å². The van der Waals surface area contributed by atoms with Crippen molar-refractivity contribution in [1.82, 2.24) is 0 Å². The van der Waals surface area contributed by atoms with Crippen LogP contribution in [0.5, 0.6) is 0 Å². The van der Waals surface area contributed by atoms with Crippen LogP contribution in [0.1, 0.15) is 40.2 Å². The van der Waals surface area contributed by atoms with Gasteiger partial charge in [0.05, 0.1) is 5.56 Å². The molecule has 0 fully saturated rings. The minimum absolute atomic E-state index is 0.280. The van der Waals surface area contributed by atoms with Gasteiger partial charge in [0, 0.05) is 20.3 Å². The Morgan fingerprint density at radius 3 is 2.38 bits per heavy atom. The summed E-state index contributed by atoms with van der Waals surface area (Å²) in [5.41, 5.74) is 9.18. The standard InChI is InChI=1S/C30H30NSi/c1-19-12-14-23-24-15-13-21(3)27-28-25(16-20(2)18-31(28)6)30(4,5)32(29(24)27,26(23)17-19)22-10-8-7-9-11-22/h7-18H,1-6H3/q+1/i2D3. The average Bonchev–Trinajstić information content (AvgIpc) is 3.09. The highest BCUT2D eigenvalue weighted by atomic mass is 28.3. The molecule has 4 aromatic rings. The van der Waals surface area contributed by atoms with Crippen molar-refractivity contribution in [2.75, 3.05) is 0 Å². The van der Waals surface area contributed by atoms with Gasteiger partial charge in [0.15, 0.2) is 14.3 Å². The molecule has 3 heterocycles. The maximum atomic E-state index is 8.20. The van der Waals surface area contributed by atoms with Crippen LogP contribution < -0.4 is 20.1 Å². The molecule has 3 aromatic carbocycles. The fraction of sp³-hybridized carbons (Fsp3) is 0.233. The van der Waals surface area contributed by atoms with Crippen molar-refractivity contribution in [3.8, 4) is 22.4 Å². The Bertz CT molecular complexity index is 1540. The molecule has 0 aliphatic carbocycles. The van der Waals surface area contributed by atoms with Crippen LogP contribution in [0.25, 0.3) is 22.4 Å². The number of nitrogens with zero attached hydrogens (tertiary/aromatic N) is 1. The molecule has 1 nitrogen and oxygen atoms in total. The number of pyridine rings is 1. The summed E-state index contributed by atoms with van der Waals surface area (Å²) in [7, 11) is -0.619. The molecule has 0 saturated heterocycles. The number of rotatable bonds is 1. The van der Waals surface area contributed by atoms with Crippen LogP contribution in [-0.2, 0) is 12.1 Å². The normalized spacial score (nSPS) is 21.1. The molecule has 0 spiro atoms. The van der Waals surface area contributed by atoms with Crippen molar-refractivity contribution in [1.29, 1.82) is 0 Å². The molecule has 2 aliphatic rings. The molecule has 2 aliphatic heterocycles. The summed E-state index contributed by atoms with van der Waals surface area (Å²) < 4.78 is 26.7. The van der Waals surface area contributed by atoms with Crippen LogP contribution in [0.2, 0.25) is 0 Å². The van der Waals surface area contributed by atoms with Crippen LogP contribution >= 0.6 is 0 Å². The SMILES string of the molecule is [2H]C([2H])([2H])c1cc2c([n+](C)c1)-c1c(C)ccc3c1[Si](c1ccccc1)(c1cc(C)ccc1-3)C2(C)C. The van der Waals surface area contributed by atoms with Crippen molar-refractivity contribution in [3.05, 3.63) is 95.2 Å². The summed E-state index contributed by atoms with van der Waals surface area (Å²) in [6.07, 6.45) is 1.81. The van der Waals surface area contributed by atoms with Gasteiger partial charge in [0.1, 0.15) is 7.05 Å². The van der Waals surface area contributed by atoms with E-state index in [0.717, 1.165) is 11.3 Å². The first-order chi connectivity index (χ1) is 16.5. The first-order valence-corrected chi connectivity index (χ1v) is 13.4. The van der Waals surface area contributed by atoms with Crippen LogP contribution in [0.15, 0.2) is 72.9 Å². The van der Waals surface area contributed by atoms with Crippen LogP contribution in [0.4, 0.5) is 0 Å². The highest BCUT2D eigenvalue weighted by Gasteiger charge is 2.62. The number of hydrogen-bond donors (Lipinski definition) is 0. The van der Waals surface area contributed by atoms with E-state index in [1.807, 2.05) is 19.3 Å². The van der Waals surface area contributed by atoms with Crippen molar-refractivity contribution in [2.24, 2.45) is 7.05 Å². The summed E-state index contributed by atoms with van der Waals surface area (Å²) >= 11 is 0. The Labute approximate surface area is 196 Å². The molecule has 1 atom stereocenters. The molecule has 0 amide bonds. The van der Waals surface area contributed by atoms with Crippen LogP contribution in [0, 0.1) is 20.7 Å². The maximum Gasteiger partial charge on any atom is 0.215 e. The Morgan fingerprint density at radius 2 is 1.62 bits per heavy atom. The second kappa shape index (κ2) is 6.30. The zero-order valence-electron chi connectivity index (χ0n) is 22.4. The van der Waals surface area contributed by atoms with Crippen molar-refractivity contribution >= 4 is 23.6 Å². The van der Waals surface area contributed by atoms with E-state index in [4.69, 9.17) is 4.11 Å². The van der Waals surface area contributed by atoms with Gasteiger partial charge >= 0.3 is 0 Å². The molecular weight excluding hydrogens is 402 g/mol. The monoisotopic (exact) mass is 435 g/mol. The van der Waals surface area contributed by atoms with Gasteiger partial charge in [0.2, 0.25) is 5.69 Å². The van der Waals surface area contributed by atoms with E-state index in [-0.39, 0.29) is 5.04 Å². The van der Waals surface area contributed by atoms with E-state index in [0.29, 0.717) is 5.56 Å². The van der Waals surface area contributed by atoms with Gasteiger partial charge < -0.3 is 0 Å². The predicted octanol–water partition coefficient (Wildman–Crippen LogP) is 4.38. The van der Waals surface area contributed by atoms with E-state index in [2.05, 4.69) is 92.9 Å². The molecule has 1 unspecified atom stereocenters. The lowest BCUT2D eigenvalue weighted by atomic mass is 9.89. The fourth-order valence-electron chi connectivity index (χ4n) is 6.68. The van der Waals surface area contributed by atoms with E-state index in [1.165, 1.54) is 43.4 Å². The number of hydrogen-bond acceptors (Lipinski definition) is 0. The molecule has 0 radical (unpaired) electrons. The van der Waals surface area contributed by atoms with Crippen molar-refractivity contribution < 1.29 is 8.68 Å². The second-order valence-electron chi connectivity index (χ2n) is 10.1. The summed E-state index contributed by atoms with van der Waals surface area (Å²) in [5, 5.41) is 4.04. The van der Waals surface area contributed by atoms with Crippen molar-refractivity contribution in [2.45, 2.75) is 39.6 Å². The molecular formula is C30H30NSi+. The summed E-state index contributed by atoms with van der Waals surface area (Å²) in [5.74, 6) is 0. The summed E-state index contributed by atoms with van der Waals surface area (Å²) in [6, 6.07) is 24.5. The second-order valence-corrected chi connectivity index (χ2v) is 14.4. The maximum absolute atomic E-state index is 8.20. The van der Waals surface area contributed by atoms with E-state index < -0.39 is 14.9 Å². The van der Waals surface area contributed by atoms with E-state index in [9.17, 15) is 0 Å². The van der Waals surface area contributed by atoms with Gasteiger partial charge in [-0.15, -0.1) is 0 Å². The third kappa shape index (κ3) is 2.16. The smallest absolute Gasteiger partial charge is 0.201 e. The lowest BCUT2D eigenvalue weighted by molar-refractivity contribution is -0.661. The Hall–Kier alpha value is -2.97. The number of fused-ring (bicyclic) bond motifs is 5.